The molecule has 1 atom stereocenters. The molecule has 0 aromatic heterocycles. The molecule has 3 amide bonds. The van der Waals surface area contributed by atoms with E-state index in [1.54, 1.807) is 12.0 Å². The number of hydrogen-bond acceptors (Lipinski definition) is 7. The Bertz CT molecular complexity index is 1170. The van der Waals surface area contributed by atoms with Crippen LogP contribution in [0, 0.1) is 0 Å². The highest BCUT2D eigenvalue weighted by Crippen LogP contribution is 2.34. The maximum absolute atomic E-state index is 12.9. The van der Waals surface area contributed by atoms with Crippen LogP contribution < -0.4 is 10.6 Å². The van der Waals surface area contributed by atoms with E-state index in [1.807, 2.05) is 54.6 Å². The Morgan fingerprint density at radius 2 is 1.75 bits per heavy atom. The van der Waals surface area contributed by atoms with Gasteiger partial charge in [0.05, 0.1) is 17.9 Å². The summed E-state index contributed by atoms with van der Waals surface area (Å²) in [6, 6.07) is 16.5. The molecule has 188 valence electrons. The van der Waals surface area contributed by atoms with Gasteiger partial charge in [-0.2, -0.15) is 4.99 Å². The van der Waals surface area contributed by atoms with E-state index in [9.17, 15) is 14.4 Å². The smallest absolute Gasteiger partial charge is 0.271 e. The van der Waals surface area contributed by atoms with E-state index in [0.29, 0.717) is 42.8 Å². The van der Waals surface area contributed by atoms with E-state index < -0.39 is 11.9 Å². The van der Waals surface area contributed by atoms with E-state index in [1.165, 1.54) is 11.8 Å². The molecule has 0 saturated carbocycles. The third-order valence-electron chi connectivity index (χ3n) is 5.75. The zero-order chi connectivity index (χ0) is 25.3. The van der Waals surface area contributed by atoms with Gasteiger partial charge in [0.25, 0.3) is 5.91 Å². The lowest BCUT2D eigenvalue weighted by Crippen LogP contribution is -2.46. The van der Waals surface area contributed by atoms with Gasteiger partial charge in [0.15, 0.2) is 5.17 Å². The van der Waals surface area contributed by atoms with Crippen LogP contribution in [0.15, 0.2) is 64.6 Å². The first-order valence-electron chi connectivity index (χ1n) is 11.9. The number of rotatable bonds is 11. The predicted octanol–water partition coefficient (Wildman–Crippen LogP) is 2.28. The molecule has 4 rings (SSSR count). The fourth-order valence-electron chi connectivity index (χ4n) is 3.97. The van der Waals surface area contributed by atoms with Crippen molar-refractivity contribution in [3.8, 4) is 0 Å². The molecule has 2 aromatic rings. The molecule has 2 aromatic carbocycles. The number of methoxy groups -OCH3 is 1. The van der Waals surface area contributed by atoms with Crippen LogP contribution in [0.3, 0.4) is 0 Å². The van der Waals surface area contributed by atoms with Crippen molar-refractivity contribution in [1.82, 2.24) is 15.5 Å². The van der Waals surface area contributed by atoms with Crippen molar-refractivity contribution in [2.24, 2.45) is 9.98 Å². The van der Waals surface area contributed by atoms with Crippen molar-refractivity contribution in [1.29, 1.82) is 0 Å². The number of aliphatic imine (C=N–C) groups is 2. The van der Waals surface area contributed by atoms with Gasteiger partial charge in [-0.1, -0.05) is 54.2 Å². The number of thioether (sulfide) groups is 1. The summed E-state index contributed by atoms with van der Waals surface area (Å²) >= 11 is 1.23. The topological polar surface area (TPSA) is 112 Å². The van der Waals surface area contributed by atoms with Gasteiger partial charge in [0, 0.05) is 32.4 Å². The highest BCUT2D eigenvalue weighted by Gasteiger charge is 2.42. The first kappa shape index (κ1) is 25.6. The van der Waals surface area contributed by atoms with Crippen LogP contribution in [0.4, 0.5) is 5.69 Å². The number of fused-ring (bicyclic) bond motifs is 3. The Labute approximate surface area is 214 Å². The molecule has 0 fully saturated rings. The molecule has 0 bridgehead atoms. The van der Waals surface area contributed by atoms with Crippen LogP contribution in [-0.4, -0.2) is 72.2 Å². The van der Waals surface area contributed by atoms with Gasteiger partial charge in [-0.15, -0.1) is 0 Å². The molecule has 1 unspecified atom stereocenters. The van der Waals surface area contributed by atoms with Crippen LogP contribution in [0.1, 0.15) is 24.0 Å². The largest absolute Gasteiger partial charge is 0.385 e. The van der Waals surface area contributed by atoms with Crippen molar-refractivity contribution in [3.63, 3.8) is 0 Å². The highest BCUT2D eigenvalue weighted by atomic mass is 32.2. The number of nitrogens with one attached hydrogen (secondary N) is 2. The van der Waals surface area contributed by atoms with Gasteiger partial charge in [0.2, 0.25) is 11.8 Å². The van der Waals surface area contributed by atoms with E-state index in [0.717, 1.165) is 17.5 Å². The van der Waals surface area contributed by atoms with Gasteiger partial charge < -0.3 is 15.4 Å². The van der Waals surface area contributed by atoms with E-state index >= 15 is 0 Å². The molecule has 9 nitrogen and oxygen atoms in total. The summed E-state index contributed by atoms with van der Waals surface area (Å²) in [5, 5.41) is 6.23. The number of amides is 3. The van der Waals surface area contributed by atoms with E-state index in [2.05, 4.69) is 15.6 Å². The second-order valence-corrected chi connectivity index (χ2v) is 9.29. The second kappa shape index (κ2) is 12.5. The number of carbonyl (C=O) groups is 3. The molecule has 2 heterocycles. The summed E-state index contributed by atoms with van der Waals surface area (Å²) in [4.78, 5) is 48.7. The zero-order valence-corrected chi connectivity index (χ0v) is 20.9. The SMILES string of the molecule is COCCCNC(=O)CSC1=Nc2ccccc2C2=NC(=O)C(CC(=O)NCCc3ccccc3)N12. The summed E-state index contributed by atoms with van der Waals surface area (Å²) in [5.41, 5.74) is 2.53. The molecule has 2 aliphatic heterocycles. The zero-order valence-electron chi connectivity index (χ0n) is 20.1. The van der Waals surface area contributed by atoms with Crippen molar-refractivity contribution in [2.45, 2.75) is 25.3 Å². The lowest BCUT2D eigenvalue weighted by atomic mass is 10.1. The summed E-state index contributed by atoms with van der Waals surface area (Å²) < 4.78 is 5.00. The Morgan fingerprint density at radius 3 is 2.56 bits per heavy atom. The fraction of sp³-hybridized carbons (Fsp3) is 0.346. The Morgan fingerprint density at radius 1 is 1.00 bits per heavy atom. The van der Waals surface area contributed by atoms with Crippen LogP contribution in [0.25, 0.3) is 0 Å². The summed E-state index contributed by atoms with van der Waals surface area (Å²) in [6.07, 6.45) is 1.37. The molecule has 0 radical (unpaired) electrons. The number of nitrogens with zero attached hydrogens (tertiary/aromatic N) is 3. The lowest BCUT2D eigenvalue weighted by Gasteiger charge is -2.30. The molecule has 10 heteroatoms. The maximum atomic E-state index is 12.9. The molecular formula is C26H29N5O4S. The monoisotopic (exact) mass is 507 g/mol. The molecular weight excluding hydrogens is 478 g/mol. The minimum atomic E-state index is -0.805. The normalized spacial score (nSPS) is 16.1. The van der Waals surface area contributed by atoms with Crippen LogP contribution >= 0.6 is 11.8 Å². The number of amidine groups is 2. The molecule has 2 N–H and O–H groups in total. The fourth-order valence-corrected chi connectivity index (χ4v) is 4.84. The van der Waals surface area contributed by atoms with Gasteiger partial charge in [-0.25, -0.2) is 4.99 Å². The molecule has 36 heavy (non-hydrogen) atoms. The standard InChI is InChI=1S/C26H29N5O4S/c1-35-15-7-13-27-23(33)17-36-26-29-20-11-6-5-10-19(20)24-30-25(34)21(31(24)26)16-22(32)28-14-12-18-8-3-2-4-9-18/h2-6,8-11,21H,7,12-17H2,1H3,(H,27,33)(H,28,32). The Hall–Kier alpha value is -3.50. The predicted molar refractivity (Wildman–Crippen MR) is 140 cm³/mol. The van der Waals surface area contributed by atoms with Crippen molar-refractivity contribution >= 4 is 46.2 Å². The number of ether oxygens (including phenoxy) is 1. The molecule has 0 aliphatic carbocycles. The number of para-hydroxylation sites is 1. The first-order chi connectivity index (χ1) is 17.6. The lowest BCUT2D eigenvalue weighted by molar-refractivity contribution is -0.126. The van der Waals surface area contributed by atoms with Crippen LogP contribution in [-0.2, 0) is 25.5 Å². The summed E-state index contributed by atoms with van der Waals surface area (Å²) in [6.45, 7) is 1.56. The molecule has 2 aliphatic rings. The minimum Gasteiger partial charge on any atom is -0.385 e. The summed E-state index contributed by atoms with van der Waals surface area (Å²) in [7, 11) is 1.62. The van der Waals surface area contributed by atoms with Crippen LogP contribution in [0.5, 0.6) is 0 Å². The molecule has 0 saturated heterocycles. The van der Waals surface area contributed by atoms with Gasteiger partial charge >= 0.3 is 0 Å². The third-order valence-corrected chi connectivity index (χ3v) is 6.70. The van der Waals surface area contributed by atoms with Crippen molar-refractivity contribution in [3.05, 3.63) is 65.7 Å². The van der Waals surface area contributed by atoms with Gasteiger partial charge in [-0.05, 0) is 30.5 Å². The Balaban J connectivity index is 1.42. The quantitative estimate of drug-likeness (QED) is 0.452. The van der Waals surface area contributed by atoms with Gasteiger partial charge in [0.1, 0.15) is 11.9 Å². The maximum Gasteiger partial charge on any atom is 0.271 e. The number of carbonyl (C=O) groups excluding carboxylic acids is 3. The highest BCUT2D eigenvalue weighted by molar-refractivity contribution is 8.14. The van der Waals surface area contributed by atoms with Crippen molar-refractivity contribution < 1.29 is 19.1 Å². The average Bonchev–Trinajstić information content (AvgIpc) is 3.22. The van der Waals surface area contributed by atoms with E-state index in [-0.39, 0.29) is 24.0 Å². The van der Waals surface area contributed by atoms with Crippen LogP contribution in [0.2, 0.25) is 0 Å². The third kappa shape index (κ3) is 6.38. The van der Waals surface area contributed by atoms with Crippen molar-refractivity contribution in [2.75, 3.05) is 32.6 Å². The summed E-state index contributed by atoms with van der Waals surface area (Å²) in [5.74, 6) is -0.174. The first-order valence-corrected chi connectivity index (χ1v) is 12.8. The van der Waals surface area contributed by atoms with Gasteiger partial charge in [-0.3, -0.25) is 19.3 Å². The molecule has 0 spiro atoms. The Kier molecular flexibility index (Phi) is 8.85. The second-order valence-electron chi connectivity index (χ2n) is 8.35. The number of benzene rings is 2. The number of hydrogen-bond donors (Lipinski definition) is 2. The minimum absolute atomic E-state index is 0.0500. The average molecular weight is 508 g/mol. The van der Waals surface area contributed by atoms with E-state index in [4.69, 9.17) is 9.73 Å².